The summed E-state index contributed by atoms with van der Waals surface area (Å²) >= 11 is 0. The molecule has 0 atom stereocenters. The zero-order valence-electron chi connectivity index (χ0n) is 7.95. The predicted octanol–water partition coefficient (Wildman–Crippen LogP) is 0.798. The molecule has 70 valence electrons. The number of hydrogen-bond donors (Lipinski definition) is 1. The van der Waals surface area contributed by atoms with Gasteiger partial charge in [-0.05, 0) is 31.9 Å². The molecule has 0 unspecified atom stereocenters. The van der Waals surface area contributed by atoms with Crippen LogP contribution in [0.2, 0.25) is 0 Å². The largest absolute Gasteiger partial charge is 0.330 e. The third kappa shape index (κ3) is 3.30. The SMILES string of the molecule is CC#CCn1cc(CCCN)cn1. The lowest BCUT2D eigenvalue weighted by molar-refractivity contribution is 0.713. The summed E-state index contributed by atoms with van der Waals surface area (Å²) in [6.07, 6.45) is 5.94. The van der Waals surface area contributed by atoms with E-state index in [-0.39, 0.29) is 0 Å². The van der Waals surface area contributed by atoms with Gasteiger partial charge >= 0.3 is 0 Å². The lowest BCUT2D eigenvalue weighted by Crippen LogP contribution is -1.99. The van der Waals surface area contributed by atoms with Crippen LogP contribution in [0, 0.1) is 11.8 Å². The number of aromatic nitrogens is 2. The van der Waals surface area contributed by atoms with Crippen LogP contribution in [-0.2, 0) is 13.0 Å². The Bertz CT molecular complexity index is 303. The molecule has 0 saturated heterocycles. The fraction of sp³-hybridized carbons (Fsp3) is 0.500. The Morgan fingerprint density at radius 3 is 3.15 bits per heavy atom. The van der Waals surface area contributed by atoms with E-state index in [1.165, 1.54) is 5.56 Å². The van der Waals surface area contributed by atoms with Crippen LogP contribution in [0.3, 0.4) is 0 Å². The summed E-state index contributed by atoms with van der Waals surface area (Å²) in [4.78, 5) is 0. The average Bonchev–Trinajstić information content (AvgIpc) is 2.59. The predicted molar refractivity (Wildman–Crippen MR) is 53.1 cm³/mol. The number of nitrogens with zero attached hydrogens (tertiary/aromatic N) is 2. The molecule has 1 rings (SSSR count). The van der Waals surface area contributed by atoms with E-state index in [9.17, 15) is 0 Å². The first-order valence-corrected chi connectivity index (χ1v) is 4.48. The van der Waals surface area contributed by atoms with Gasteiger partial charge in [-0.3, -0.25) is 4.68 Å². The minimum Gasteiger partial charge on any atom is -0.330 e. The van der Waals surface area contributed by atoms with Crippen molar-refractivity contribution >= 4 is 0 Å². The molecule has 3 heteroatoms. The molecule has 1 aromatic heterocycles. The third-order valence-electron chi connectivity index (χ3n) is 1.77. The van der Waals surface area contributed by atoms with Crippen molar-refractivity contribution in [1.29, 1.82) is 0 Å². The summed E-state index contributed by atoms with van der Waals surface area (Å²) in [5.74, 6) is 5.80. The van der Waals surface area contributed by atoms with Gasteiger partial charge in [0.05, 0.1) is 6.20 Å². The summed E-state index contributed by atoms with van der Waals surface area (Å²) < 4.78 is 1.85. The fourth-order valence-electron chi connectivity index (χ4n) is 1.09. The normalized spacial score (nSPS) is 9.38. The summed E-state index contributed by atoms with van der Waals surface area (Å²) in [5, 5.41) is 4.18. The van der Waals surface area contributed by atoms with Crippen molar-refractivity contribution < 1.29 is 0 Å². The van der Waals surface area contributed by atoms with Crippen LogP contribution in [0.15, 0.2) is 12.4 Å². The van der Waals surface area contributed by atoms with E-state index in [0.717, 1.165) is 19.4 Å². The number of hydrogen-bond acceptors (Lipinski definition) is 2. The summed E-state index contributed by atoms with van der Waals surface area (Å²) in [5.41, 5.74) is 6.65. The minimum absolute atomic E-state index is 0.680. The number of nitrogens with two attached hydrogens (primary N) is 1. The van der Waals surface area contributed by atoms with Gasteiger partial charge in [-0.25, -0.2) is 0 Å². The first kappa shape index (κ1) is 9.82. The molecule has 1 heterocycles. The molecule has 0 aliphatic carbocycles. The molecule has 0 aliphatic rings. The molecule has 2 N–H and O–H groups in total. The second-order valence-electron chi connectivity index (χ2n) is 2.87. The van der Waals surface area contributed by atoms with Gasteiger partial charge in [-0.2, -0.15) is 5.10 Å². The monoisotopic (exact) mass is 177 g/mol. The molecular weight excluding hydrogens is 162 g/mol. The van der Waals surface area contributed by atoms with E-state index in [4.69, 9.17) is 5.73 Å². The summed E-state index contributed by atoms with van der Waals surface area (Å²) in [6.45, 7) is 3.25. The van der Waals surface area contributed by atoms with Gasteiger partial charge in [0.25, 0.3) is 0 Å². The van der Waals surface area contributed by atoms with Crippen molar-refractivity contribution in [3.8, 4) is 11.8 Å². The van der Waals surface area contributed by atoms with Crippen molar-refractivity contribution in [2.75, 3.05) is 6.54 Å². The maximum absolute atomic E-state index is 5.41. The van der Waals surface area contributed by atoms with Gasteiger partial charge < -0.3 is 5.73 Å². The van der Waals surface area contributed by atoms with E-state index in [1.807, 2.05) is 24.0 Å². The van der Waals surface area contributed by atoms with Crippen LogP contribution in [0.25, 0.3) is 0 Å². The molecule has 13 heavy (non-hydrogen) atoms. The Morgan fingerprint density at radius 2 is 2.46 bits per heavy atom. The number of aryl methyl sites for hydroxylation is 1. The van der Waals surface area contributed by atoms with Gasteiger partial charge in [-0.15, -0.1) is 5.92 Å². The Balaban J connectivity index is 2.46. The maximum Gasteiger partial charge on any atom is 0.102 e. The van der Waals surface area contributed by atoms with Gasteiger partial charge in [-0.1, -0.05) is 5.92 Å². The van der Waals surface area contributed by atoms with E-state index in [1.54, 1.807) is 0 Å². The smallest absolute Gasteiger partial charge is 0.102 e. The Hall–Kier alpha value is -1.27. The van der Waals surface area contributed by atoms with Gasteiger partial charge in [0, 0.05) is 6.20 Å². The molecule has 0 fully saturated rings. The maximum atomic E-state index is 5.41. The summed E-state index contributed by atoms with van der Waals surface area (Å²) in [6, 6.07) is 0. The van der Waals surface area contributed by atoms with E-state index in [2.05, 4.69) is 16.9 Å². The van der Waals surface area contributed by atoms with Gasteiger partial charge in [0.1, 0.15) is 6.54 Å². The van der Waals surface area contributed by atoms with Crippen molar-refractivity contribution in [3.63, 3.8) is 0 Å². The van der Waals surface area contributed by atoms with Crippen LogP contribution in [0.5, 0.6) is 0 Å². The number of rotatable bonds is 4. The first-order valence-electron chi connectivity index (χ1n) is 4.48. The zero-order valence-corrected chi connectivity index (χ0v) is 7.95. The van der Waals surface area contributed by atoms with E-state index < -0.39 is 0 Å². The molecular formula is C10H15N3. The highest BCUT2D eigenvalue weighted by molar-refractivity contribution is 5.05. The molecule has 0 aliphatic heterocycles. The zero-order chi connectivity index (χ0) is 9.52. The van der Waals surface area contributed by atoms with Crippen molar-refractivity contribution in [2.24, 2.45) is 5.73 Å². The highest BCUT2D eigenvalue weighted by atomic mass is 15.3. The fourth-order valence-corrected chi connectivity index (χ4v) is 1.09. The molecule has 0 amide bonds. The molecule has 0 aromatic carbocycles. The first-order chi connectivity index (χ1) is 6.36. The Kier molecular flexibility index (Phi) is 4.07. The van der Waals surface area contributed by atoms with Crippen molar-refractivity contribution in [2.45, 2.75) is 26.3 Å². The Labute approximate surface area is 78.9 Å². The molecule has 3 nitrogen and oxygen atoms in total. The van der Waals surface area contributed by atoms with Crippen LogP contribution < -0.4 is 5.73 Å². The van der Waals surface area contributed by atoms with Crippen molar-refractivity contribution in [1.82, 2.24) is 9.78 Å². The van der Waals surface area contributed by atoms with Gasteiger partial charge in [0.2, 0.25) is 0 Å². The van der Waals surface area contributed by atoms with Crippen LogP contribution in [-0.4, -0.2) is 16.3 Å². The van der Waals surface area contributed by atoms with Crippen LogP contribution in [0.4, 0.5) is 0 Å². The topological polar surface area (TPSA) is 43.8 Å². The molecule has 0 bridgehead atoms. The second-order valence-corrected chi connectivity index (χ2v) is 2.87. The Morgan fingerprint density at radius 1 is 1.62 bits per heavy atom. The standard InChI is InChI=1S/C10H15N3/c1-2-3-7-13-9-10(8-12-13)5-4-6-11/h8-9H,4-7,11H2,1H3. The van der Waals surface area contributed by atoms with Crippen molar-refractivity contribution in [3.05, 3.63) is 18.0 Å². The van der Waals surface area contributed by atoms with Crippen LogP contribution >= 0.6 is 0 Å². The van der Waals surface area contributed by atoms with E-state index >= 15 is 0 Å². The lowest BCUT2D eigenvalue weighted by Gasteiger charge is -1.92. The van der Waals surface area contributed by atoms with Gasteiger partial charge in [0.15, 0.2) is 0 Å². The molecule has 0 spiro atoms. The lowest BCUT2D eigenvalue weighted by atomic mass is 10.2. The molecule has 0 saturated carbocycles. The second kappa shape index (κ2) is 5.39. The highest BCUT2D eigenvalue weighted by Crippen LogP contribution is 2.00. The van der Waals surface area contributed by atoms with E-state index in [0.29, 0.717) is 6.54 Å². The third-order valence-corrected chi connectivity index (χ3v) is 1.77. The quantitative estimate of drug-likeness (QED) is 0.691. The summed E-state index contributed by atoms with van der Waals surface area (Å²) in [7, 11) is 0. The molecule has 1 aromatic rings. The minimum atomic E-state index is 0.680. The highest BCUT2D eigenvalue weighted by Gasteiger charge is 1.95. The molecule has 0 radical (unpaired) electrons. The van der Waals surface area contributed by atoms with Crippen LogP contribution in [0.1, 0.15) is 18.9 Å². The average molecular weight is 177 g/mol.